The van der Waals surface area contributed by atoms with Gasteiger partial charge in [0.05, 0.1) is 18.6 Å². The van der Waals surface area contributed by atoms with Crippen molar-refractivity contribution in [1.82, 2.24) is 10.2 Å². The van der Waals surface area contributed by atoms with E-state index in [0.29, 0.717) is 61.2 Å². The van der Waals surface area contributed by atoms with Crippen molar-refractivity contribution < 1.29 is 24.2 Å². The minimum Gasteiger partial charge on any atom is -0.496 e. The van der Waals surface area contributed by atoms with E-state index in [1.807, 2.05) is 53.4 Å². The highest BCUT2D eigenvalue weighted by molar-refractivity contribution is 9.10. The maximum absolute atomic E-state index is 13.9. The van der Waals surface area contributed by atoms with Gasteiger partial charge in [-0.2, -0.15) is 0 Å². The van der Waals surface area contributed by atoms with Crippen LogP contribution in [0.3, 0.4) is 0 Å². The highest BCUT2D eigenvalue weighted by Crippen LogP contribution is 2.49. The third kappa shape index (κ3) is 5.29. The molecule has 2 amide bonds. The summed E-state index contributed by atoms with van der Waals surface area (Å²) in [7, 11) is 1.54. The molecule has 1 heterocycles. The average molecular weight is 670 g/mol. The summed E-state index contributed by atoms with van der Waals surface area (Å²) in [6, 6.07) is 20.1. The van der Waals surface area contributed by atoms with Gasteiger partial charge in [0, 0.05) is 28.1 Å². The van der Waals surface area contributed by atoms with E-state index in [1.165, 1.54) is 7.11 Å². The number of nitrogens with one attached hydrogen (secondary N) is 1. The number of piperidine rings is 1. The van der Waals surface area contributed by atoms with Crippen LogP contribution < -0.4 is 10.1 Å². The van der Waals surface area contributed by atoms with Gasteiger partial charge < -0.3 is 20.1 Å². The zero-order chi connectivity index (χ0) is 28.4. The monoisotopic (exact) mass is 668 g/mol. The second kappa shape index (κ2) is 11.7. The van der Waals surface area contributed by atoms with E-state index in [-0.39, 0.29) is 17.9 Å². The lowest BCUT2D eigenvalue weighted by atomic mass is 9.63. The largest absolute Gasteiger partial charge is 0.496 e. The predicted octanol–water partition coefficient (Wildman–Crippen LogP) is 5.89. The summed E-state index contributed by atoms with van der Waals surface area (Å²) in [6.07, 6.45) is 2.03. The third-order valence-electron chi connectivity index (χ3n) is 8.15. The van der Waals surface area contributed by atoms with E-state index in [1.54, 1.807) is 18.2 Å². The van der Waals surface area contributed by atoms with Crippen molar-refractivity contribution in [3.63, 3.8) is 0 Å². The number of likely N-dealkylation sites (tertiary alicyclic amines) is 1. The lowest BCUT2D eigenvalue weighted by Crippen LogP contribution is -2.49. The maximum atomic E-state index is 13.9. The Bertz CT molecular complexity index is 1440. The summed E-state index contributed by atoms with van der Waals surface area (Å²) in [4.78, 5) is 41.5. The molecule has 9 heteroatoms. The lowest BCUT2D eigenvalue weighted by Gasteiger charge is -2.41. The number of carboxylic acid groups (broad SMARTS) is 1. The van der Waals surface area contributed by atoms with Crippen molar-refractivity contribution in [2.75, 3.05) is 20.2 Å². The molecule has 2 aliphatic rings. The zero-order valence-electron chi connectivity index (χ0n) is 22.0. The van der Waals surface area contributed by atoms with Crippen molar-refractivity contribution in [1.29, 1.82) is 0 Å². The van der Waals surface area contributed by atoms with Gasteiger partial charge in [0.15, 0.2) is 0 Å². The second-order valence-electron chi connectivity index (χ2n) is 10.3. The molecule has 1 unspecified atom stereocenters. The first-order valence-corrected chi connectivity index (χ1v) is 14.8. The Kier molecular flexibility index (Phi) is 8.33. The van der Waals surface area contributed by atoms with Gasteiger partial charge >= 0.3 is 5.97 Å². The van der Waals surface area contributed by atoms with Gasteiger partial charge in [-0.15, -0.1) is 0 Å². The minimum atomic E-state index is -1.24. The number of rotatable bonds is 6. The summed E-state index contributed by atoms with van der Waals surface area (Å²) in [5.74, 6) is -1.01. The van der Waals surface area contributed by atoms with Gasteiger partial charge in [-0.3, -0.25) is 14.4 Å². The molecule has 0 aromatic heterocycles. The fourth-order valence-corrected chi connectivity index (χ4v) is 6.67. The summed E-state index contributed by atoms with van der Waals surface area (Å²) in [5, 5.41) is 13.7. The van der Waals surface area contributed by atoms with E-state index in [9.17, 15) is 19.5 Å². The molecule has 1 saturated heterocycles. The number of halogens is 2. The molecule has 40 heavy (non-hydrogen) atoms. The Morgan fingerprint density at radius 3 is 2.30 bits per heavy atom. The van der Waals surface area contributed by atoms with Crippen LogP contribution in [0.2, 0.25) is 0 Å². The molecule has 0 bridgehead atoms. The first-order valence-electron chi connectivity index (χ1n) is 13.3. The van der Waals surface area contributed by atoms with Gasteiger partial charge in [0.1, 0.15) is 11.2 Å². The van der Waals surface area contributed by atoms with E-state index < -0.39 is 17.3 Å². The molecule has 1 aliphatic carbocycles. The average Bonchev–Trinajstić information content (AvgIpc) is 2.97. The van der Waals surface area contributed by atoms with E-state index in [0.717, 1.165) is 14.5 Å². The van der Waals surface area contributed by atoms with Gasteiger partial charge in [-0.05, 0) is 78.8 Å². The molecule has 1 fully saturated rings. The standard InChI is InChI=1S/C31H30Br2N2O5/c1-40-27-5-3-2-4-25(27)28(36)34-22-13-16-35(17-14-22)29(37)24-12-15-31(30(38)39,19-6-8-20(32)9-7-19)26-18-21(33)10-11-23(24)26/h2-11,18,22,24H,12-17H2,1H3,(H,34,36)(H,38,39)/t24?,31-/m0/s1. The van der Waals surface area contributed by atoms with Crippen molar-refractivity contribution in [3.05, 3.63) is 97.9 Å². The Morgan fingerprint density at radius 2 is 1.62 bits per heavy atom. The third-order valence-corrected chi connectivity index (χ3v) is 9.17. The van der Waals surface area contributed by atoms with Crippen LogP contribution in [0, 0.1) is 0 Å². The number of carbonyl (C=O) groups is 3. The predicted molar refractivity (Wildman–Crippen MR) is 159 cm³/mol. The minimum absolute atomic E-state index is 0.00729. The molecule has 0 spiro atoms. The Morgan fingerprint density at radius 1 is 0.950 bits per heavy atom. The Labute approximate surface area is 250 Å². The van der Waals surface area contributed by atoms with Crippen molar-refractivity contribution in [2.24, 2.45) is 0 Å². The van der Waals surface area contributed by atoms with Gasteiger partial charge in [0.25, 0.3) is 5.91 Å². The van der Waals surface area contributed by atoms with Crippen LogP contribution in [0.5, 0.6) is 5.75 Å². The van der Waals surface area contributed by atoms with Crippen LogP contribution in [0.15, 0.2) is 75.7 Å². The van der Waals surface area contributed by atoms with Crippen molar-refractivity contribution in [2.45, 2.75) is 43.1 Å². The first-order chi connectivity index (χ1) is 19.2. The van der Waals surface area contributed by atoms with Crippen LogP contribution in [0.25, 0.3) is 0 Å². The Hall–Kier alpha value is -3.17. The maximum Gasteiger partial charge on any atom is 0.318 e. The number of fused-ring (bicyclic) bond motifs is 1. The number of carbonyl (C=O) groups excluding carboxylic acids is 2. The molecule has 0 saturated carbocycles. The highest BCUT2D eigenvalue weighted by Gasteiger charge is 2.49. The second-order valence-corrected chi connectivity index (χ2v) is 12.1. The normalized spacial score (nSPS) is 20.9. The number of aliphatic carboxylic acids is 1. The van der Waals surface area contributed by atoms with Crippen molar-refractivity contribution in [3.8, 4) is 5.75 Å². The number of methoxy groups -OCH3 is 1. The molecule has 2 N–H and O–H groups in total. The van der Waals surface area contributed by atoms with Gasteiger partial charge in [-0.25, -0.2) is 0 Å². The summed E-state index contributed by atoms with van der Waals surface area (Å²) in [6.45, 7) is 1.05. The number of carboxylic acids is 1. The fourth-order valence-electron chi connectivity index (χ4n) is 6.05. The molecule has 3 aromatic carbocycles. The van der Waals surface area contributed by atoms with E-state index in [4.69, 9.17) is 4.74 Å². The summed E-state index contributed by atoms with van der Waals surface area (Å²) < 4.78 is 6.96. The number of amides is 2. The van der Waals surface area contributed by atoms with Crippen LogP contribution in [-0.2, 0) is 15.0 Å². The topological polar surface area (TPSA) is 95.9 Å². The molecular formula is C31H30Br2N2O5. The number of benzene rings is 3. The van der Waals surface area contributed by atoms with Crippen LogP contribution in [0.4, 0.5) is 0 Å². The Balaban J connectivity index is 1.34. The van der Waals surface area contributed by atoms with Crippen molar-refractivity contribution >= 4 is 49.6 Å². The molecule has 3 aromatic rings. The lowest BCUT2D eigenvalue weighted by molar-refractivity contribution is -0.144. The molecule has 7 nitrogen and oxygen atoms in total. The van der Waals surface area contributed by atoms with E-state index in [2.05, 4.69) is 37.2 Å². The molecule has 1 aliphatic heterocycles. The number of ether oxygens (including phenoxy) is 1. The van der Waals surface area contributed by atoms with Crippen LogP contribution in [0.1, 0.15) is 58.6 Å². The molecule has 0 radical (unpaired) electrons. The quantitative estimate of drug-likeness (QED) is 0.341. The first kappa shape index (κ1) is 28.4. The fraction of sp³-hybridized carbons (Fsp3) is 0.323. The smallest absolute Gasteiger partial charge is 0.318 e. The van der Waals surface area contributed by atoms with Gasteiger partial charge in [-0.1, -0.05) is 62.2 Å². The van der Waals surface area contributed by atoms with Crippen LogP contribution >= 0.6 is 31.9 Å². The number of hydrogen-bond acceptors (Lipinski definition) is 4. The SMILES string of the molecule is COc1ccccc1C(=O)NC1CCN(C(=O)C2CC[C@](C(=O)O)(c3ccc(Br)cc3)c3cc(Br)ccc32)CC1. The molecular weight excluding hydrogens is 640 g/mol. The number of para-hydroxylation sites is 1. The molecule has 5 rings (SSSR count). The zero-order valence-corrected chi connectivity index (χ0v) is 25.2. The summed E-state index contributed by atoms with van der Waals surface area (Å²) >= 11 is 6.96. The molecule has 2 atom stereocenters. The summed E-state index contributed by atoms with van der Waals surface area (Å²) in [5.41, 5.74) is 1.35. The highest BCUT2D eigenvalue weighted by atomic mass is 79.9. The van der Waals surface area contributed by atoms with Crippen LogP contribution in [-0.4, -0.2) is 54.0 Å². The number of hydrogen-bond donors (Lipinski definition) is 2. The number of nitrogens with zero attached hydrogens (tertiary/aromatic N) is 1. The molecule has 208 valence electrons. The van der Waals surface area contributed by atoms with E-state index >= 15 is 0 Å². The van der Waals surface area contributed by atoms with Gasteiger partial charge in [0.2, 0.25) is 5.91 Å².